The average Bonchev–Trinajstić information content (AvgIpc) is 2.87. The fourth-order valence-electron chi connectivity index (χ4n) is 2.99. The molecule has 1 aliphatic heterocycles. The van der Waals surface area contributed by atoms with E-state index in [9.17, 15) is 4.79 Å². The number of pyridine rings is 1. The summed E-state index contributed by atoms with van der Waals surface area (Å²) in [6.45, 7) is 8.88. The van der Waals surface area contributed by atoms with Gasteiger partial charge in [0.15, 0.2) is 0 Å². The second kappa shape index (κ2) is 6.22. The van der Waals surface area contributed by atoms with Gasteiger partial charge in [-0.15, -0.1) is 0 Å². The maximum atomic E-state index is 11.8. The van der Waals surface area contributed by atoms with E-state index in [1.54, 1.807) is 0 Å². The molecule has 1 amide bonds. The third-order valence-corrected chi connectivity index (χ3v) is 3.80. The van der Waals surface area contributed by atoms with E-state index in [0.717, 1.165) is 49.6 Å². The van der Waals surface area contributed by atoms with Crippen molar-refractivity contribution in [3.05, 3.63) is 23.0 Å². The molecule has 1 fully saturated rings. The Hall–Kier alpha value is -1.62. The summed E-state index contributed by atoms with van der Waals surface area (Å²) in [6.07, 6.45) is 2.13. The number of amides is 1. The molecule has 2 heterocycles. The molecule has 5 nitrogen and oxygen atoms in total. The van der Waals surface area contributed by atoms with Gasteiger partial charge >= 0.3 is 0 Å². The normalized spacial score (nSPS) is 18.2. The molecule has 3 N–H and O–H groups in total. The van der Waals surface area contributed by atoms with Crippen molar-refractivity contribution >= 4 is 11.6 Å². The van der Waals surface area contributed by atoms with Gasteiger partial charge in [-0.2, -0.15) is 0 Å². The Morgan fingerprint density at radius 3 is 2.85 bits per heavy atom. The predicted molar refractivity (Wildman–Crippen MR) is 81.1 cm³/mol. The van der Waals surface area contributed by atoms with Crippen LogP contribution in [0.5, 0.6) is 0 Å². The molecule has 110 valence electrons. The molecule has 2 rings (SSSR count). The molecule has 1 saturated heterocycles. The number of aryl methyl sites for hydroxylation is 2. The van der Waals surface area contributed by atoms with Crippen molar-refractivity contribution in [2.75, 3.05) is 24.5 Å². The summed E-state index contributed by atoms with van der Waals surface area (Å²) < 4.78 is 0. The molecule has 0 aliphatic carbocycles. The third-order valence-electron chi connectivity index (χ3n) is 3.80. The number of carbonyl (C=O) groups excluding carboxylic acids is 1. The zero-order valence-electron chi connectivity index (χ0n) is 12.6. The standard InChI is InChI=1S/C15H24N4O/c1-4-7-19(12-5-6-17-9-12)13-8-10(2)18-11(3)14(13)15(16)20/h8,12,17H,4-7,9H2,1-3H3,(H2,16,20). The van der Waals surface area contributed by atoms with Crippen molar-refractivity contribution in [3.63, 3.8) is 0 Å². The largest absolute Gasteiger partial charge is 0.366 e. The predicted octanol–water partition coefficient (Wildman–Crippen LogP) is 1.38. The van der Waals surface area contributed by atoms with Gasteiger partial charge in [-0.05, 0) is 39.3 Å². The lowest BCUT2D eigenvalue weighted by molar-refractivity contribution is 0.0999. The van der Waals surface area contributed by atoms with Gasteiger partial charge in [-0.1, -0.05) is 6.92 Å². The lowest BCUT2D eigenvalue weighted by atomic mass is 10.1. The van der Waals surface area contributed by atoms with Gasteiger partial charge in [0.1, 0.15) is 0 Å². The number of carbonyl (C=O) groups is 1. The van der Waals surface area contributed by atoms with Crippen molar-refractivity contribution in [1.29, 1.82) is 0 Å². The van der Waals surface area contributed by atoms with Gasteiger partial charge < -0.3 is 16.0 Å². The van der Waals surface area contributed by atoms with Crippen molar-refractivity contribution < 1.29 is 4.79 Å². The minimum Gasteiger partial charge on any atom is -0.366 e. The van der Waals surface area contributed by atoms with Crippen LogP contribution in [0.25, 0.3) is 0 Å². The van der Waals surface area contributed by atoms with Crippen LogP contribution in [0, 0.1) is 13.8 Å². The first kappa shape index (κ1) is 14.8. The zero-order valence-corrected chi connectivity index (χ0v) is 12.6. The van der Waals surface area contributed by atoms with Gasteiger partial charge in [-0.25, -0.2) is 0 Å². The number of primary amides is 1. The molecule has 0 radical (unpaired) electrons. The Balaban J connectivity index is 2.48. The summed E-state index contributed by atoms with van der Waals surface area (Å²) in [5.41, 5.74) is 8.73. The number of anilines is 1. The van der Waals surface area contributed by atoms with Crippen LogP contribution in [0.4, 0.5) is 5.69 Å². The van der Waals surface area contributed by atoms with E-state index < -0.39 is 5.91 Å². The molecule has 0 saturated carbocycles. The number of rotatable bonds is 5. The van der Waals surface area contributed by atoms with Crippen molar-refractivity contribution in [1.82, 2.24) is 10.3 Å². The van der Waals surface area contributed by atoms with Gasteiger partial charge in [-0.3, -0.25) is 9.78 Å². The van der Waals surface area contributed by atoms with E-state index in [2.05, 4.69) is 22.1 Å². The van der Waals surface area contributed by atoms with E-state index in [1.165, 1.54) is 0 Å². The summed E-state index contributed by atoms with van der Waals surface area (Å²) >= 11 is 0. The number of hydrogen-bond donors (Lipinski definition) is 2. The Kier molecular flexibility index (Phi) is 4.60. The average molecular weight is 276 g/mol. The highest BCUT2D eigenvalue weighted by Gasteiger charge is 2.26. The fraction of sp³-hybridized carbons (Fsp3) is 0.600. The quantitative estimate of drug-likeness (QED) is 0.852. The second-order valence-electron chi connectivity index (χ2n) is 5.45. The summed E-state index contributed by atoms with van der Waals surface area (Å²) in [4.78, 5) is 18.5. The highest BCUT2D eigenvalue weighted by Crippen LogP contribution is 2.27. The summed E-state index contributed by atoms with van der Waals surface area (Å²) in [7, 11) is 0. The highest BCUT2D eigenvalue weighted by atomic mass is 16.1. The number of nitrogens with zero attached hydrogens (tertiary/aromatic N) is 2. The molecule has 5 heteroatoms. The molecule has 0 spiro atoms. The van der Waals surface area contributed by atoms with Crippen molar-refractivity contribution in [3.8, 4) is 0 Å². The molecule has 1 aliphatic rings. The van der Waals surface area contributed by atoms with E-state index in [-0.39, 0.29) is 0 Å². The van der Waals surface area contributed by atoms with Gasteiger partial charge in [0.25, 0.3) is 5.91 Å². The highest BCUT2D eigenvalue weighted by molar-refractivity contribution is 5.99. The monoisotopic (exact) mass is 276 g/mol. The Morgan fingerprint density at radius 2 is 2.30 bits per heavy atom. The SMILES string of the molecule is CCCN(c1cc(C)nc(C)c1C(N)=O)C1CCNC1. The van der Waals surface area contributed by atoms with Crippen LogP contribution in [0.3, 0.4) is 0 Å². The Morgan fingerprint density at radius 1 is 1.55 bits per heavy atom. The van der Waals surface area contributed by atoms with Gasteiger partial charge in [0.2, 0.25) is 0 Å². The van der Waals surface area contributed by atoms with E-state index in [1.807, 2.05) is 19.9 Å². The minimum atomic E-state index is -0.392. The summed E-state index contributed by atoms with van der Waals surface area (Å²) in [5, 5.41) is 3.39. The Labute approximate surface area is 120 Å². The zero-order chi connectivity index (χ0) is 14.7. The maximum Gasteiger partial charge on any atom is 0.252 e. The van der Waals surface area contributed by atoms with Gasteiger partial charge in [0.05, 0.1) is 16.9 Å². The first-order valence-electron chi connectivity index (χ1n) is 7.30. The summed E-state index contributed by atoms with van der Waals surface area (Å²) in [6, 6.07) is 2.41. The molecular weight excluding hydrogens is 252 g/mol. The van der Waals surface area contributed by atoms with E-state index in [0.29, 0.717) is 11.6 Å². The van der Waals surface area contributed by atoms with E-state index >= 15 is 0 Å². The maximum absolute atomic E-state index is 11.8. The van der Waals surface area contributed by atoms with Crippen molar-refractivity contribution in [2.45, 2.75) is 39.7 Å². The second-order valence-corrected chi connectivity index (χ2v) is 5.45. The molecule has 1 unspecified atom stereocenters. The van der Waals surface area contributed by atoms with Crippen LogP contribution >= 0.6 is 0 Å². The number of aromatic nitrogens is 1. The molecular formula is C15H24N4O. The van der Waals surface area contributed by atoms with Crippen LogP contribution in [0.2, 0.25) is 0 Å². The van der Waals surface area contributed by atoms with Crippen LogP contribution in [0.15, 0.2) is 6.07 Å². The topological polar surface area (TPSA) is 71.2 Å². The van der Waals surface area contributed by atoms with E-state index in [4.69, 9.17) is 5.73 Å². The van der Waals surface area contributed by atoms with Crippen molar-refractivity contribution in [2.24, 2.45) is 5.73 Å². The fourth-order valence-corrected chi connectivity index (χ4v) is 2.99. The van der Waals surface area contributed by atoms with Crippen LogP contribution in [-0.2, 0) is 0 Å². The van der Waals surface area contributed by atoms with Crippen LogP contribution in [0.1, 0.15) is 41.5 Å². The summed E-state index contributed by atoms with van der Waals surface area (Å²) in [5.74, 6) is -0.392. The molecule has 1 aromatic heterocycles. The van der Waals surface area contributed by atoms with Crippen LogP contribution < -0.4 is 16.0 Å². The number of hydrogen-bond acceptors (Lipinski definition) is 4. The first-order chi connectivity index (χ1) is 9.54. The Bertz CT molecular complexity index is 495. The molecule has 0 bridgehead atoms. The smallest absolute Gasteiger partial charge is 0.252 e. The minimum absolute atomic E-state index is 0.392. The molecule has 1 atom stereocenters. The van der Waals surface area contributed by atoms with Crippen LogP contribution in [-0.4, -0.2) is 36.6 Å². The molecule has 1 aromatic rings. The molecule has 0 aromatic carbocycles. The van der Waals surface area contributed by atoms with Gasteiger partial charge in [0, 0.05) is 24.8 Å². The molecule has 20 heavy (non-hydrogen) atoms. The third kappa shape index (κ3) is 2.93. The number of nitrogens with two attached hydrogens (primary N) is 1. The number of nitrogens with one attached hydrogen (secondary N) is 1. The lowest BCUT2D eigenvalue weighted by Gasteiger charge is -2.32. The first-order valence-corrected chi connectivity index (χ1v) is 7.30. The lowest BCUT2D eigenvalue weighted by Crippen LogP contribution is -2.39.